The van der Waals surface area contributed by atoms with Gasteiger partial charge in [0.05, 0.1) is 23.8 Å². The summed E-state index contributed by atoms with van der Waals surface area (Å²) >= 11 is 0. The van der Waals surface area contributed by atoms with Crippen molar-refractivity contribution in [2.45, 2.75) is 0 Å². The number of non-ortho nitro benzene ring substituents is 1. The van der Waals surface area contributed by atoms with Crippen molar-refractivity contribution in [3.63, 3.8) is 0 Å². The van der Waals surface area contributed by atoms with Crippen molar-refractivity contribution in [1.82, 2.24) is 0 Å². The van der Waals surface area contributed by atoms with Crippen LogP contribution in [-0.2, 0) is 24.1 Å². The average molecular weight is 422 g/mol. The second-order valence-electron chi connectivity index (χ2n) is 5.52. The molecule has 160 valence electrons. The fourth-order valence-electron chi connectivity index (χ4n) is 2.03. The summed E-state index contributed by atoms with van der Waals surface area (Å²) < 4.78 is 20.1. The van der Waals surface area contributed by atoms with E-state index >= 15 is 0 Å². The molecule has 0 spiro atoms. The lowest BCUT2D eigenvalue weighted by Gasteiger charge is -2.07. The molecular weight excluding hydrogens is 404 g/mol. The Kier molecular flexibility index (Phi) is 9.15. The van der Waals surface area contributed by atoms with Gasteiger partial charge < -0.3 is 18.9 Å². The third-order valence-electron chi connectivity index (χ3n) is 3.34. The van der Waals surface area contributed by atoms with Crippen molar-refractivity contribution < 1.29 is 43.7 Å². The smallest absolute Gasteiger partial charge is 0.337 e. The van der Waals surface area contributed by atoms with E-state index in [1.54, 1.807) is 0 Å². The maximum Gasteiger partial charge on any atom is 0.337 e. The van der Waals surface area contributed by atoms with Crippen molar-refractivity contribution in [3.8, 4) is 11.5 Å². The summed E-state index contributed by atoms with van der Waals surface area (Å²) in [7, 11) is 0. The first-order chi connectivity index (χ1) is 14.5. The van der Waals surface area contributed by atoms with Gasteiger partial charge >= 0.3 is 11.9 Å². The van der Waals surface area contributed by atoms with E-state index < -0.39 is 16.9 Å². The zero-order valence-electron chi connectivity index (χ0n) is 15.5. The molecule has 0 amide bonds. The fourth-order valence-corrected chi connectivity index (χ4v) is 2.03. The van der Waals surface area contributed by atoms with Crippen LogP contribution in [-0.4, -0.2) is 48.5 Å². The van der Waals surface area contributed by atoms with Gasteiger partial charge in [0, 0.05) is 12.1 Å². The van der Waals surface area contributed by atoms with Gasteiger partial charge in [0.1, 0.15) is 24.7 Å². The molecule has 2 N–H and O–H groups in total. The third kappa shape index (κ3) is 8.20. The summed E-state index contributed by atoms with van der Waals surface area (Å²) in [4.78, 5) is 37.0. The summed E-state index contributed by atoms with van der Waals surface area (Å²) in [5.74, 6) is -0.891. The number of nitrogens with zero attached hydrogens (tertiary/aromatic N) is 1. The van der Waals surface area contributed by atoms with E-state index in [9.17, 15) is 19.7 Å². The zero-order valence-corrected chi connectivity index (χ0v) is 15.5. The number of hydrogen-bond donors (Lipinski definition) is 2. The molecule has 0 aromatic heterocycles. The summed E-state index contributed by atoms with van der Waals surface area (Å²) in [5.41, 5.74) is 2.53. The van der Waals surface area contributed by atoms with Gasteiger partial charge in [0.25, 0.3) is 5.69 Å². The molecule has 0 radical (unpaired) electrons. The maximum atomic E-state index is 11.6. The van der Waals surface area contributed by atoms with Crippen LogP contribution in [0.1, 0.15) is 0 Å². The van der Waals surface area contributed by atoms with Crippen LogP contribution in [0.2, 0.25) is 0 Å². The first kappa shape index (κ1) is 22.7. The Balaban J connectivity index is 1.56. The van der Waals surface area contributed by atoms with Crippen molar-refractivity contribution >= 4 is 23.3 Å². The van der Waals surface area contributed by atoms with Crippen LogP contribution in [0.3, 0.4) is 0 Å². The van der Waals surface area contributed by atoms with E-state index in [0.717, 1.165) is 0 Å². The summed E-state index contributed by atoms with van der Waals surface area (Å²) in [6, 6.07) is 11.0. The molecule has 0 aliphatic rings. The lowest BCUT2D eigenvalue weighted by atomic mass is 10.3. The SMILES string of the molecule is O=C(COCCOCC(=O)Oc1ccc([N+](=O)[O-])cc1)Oc1ccc(NOO)cc1. The number of esters is 2. The molecule has 12 nitrogen and oxygen atoms in total. The standard InChI is InChI=1S/C18H18N2O10/c21-17(28-15-5-1-13(2-6-15)19-30-25)11-26-9-10-27-12-18(22)29-16-7-3-14(4-8-16)20(23)24/h1-8,19,25H,9-12H2. The van der Waals surface area contributed by atoms with Gasteiger partial charge in [0.2, 0.25) is 0 Å². The first-order valence-electron chi connectivity index (χ1n) is 8.45. The Bertz CT molecular complexity index is 839. The Morgan fingerprint density at radius 2 is 1.33 bits per heavy atom. The number of nitro benzene ring substituents is 1. The minimum absolute atomic E-state index is 0.0319. The Morgan fingerprint density at radius 3 is 1.77 bits per heavy atom. The second-order valence-corrected chi connectivity index (χ2v) is 5.52. The molecule has 0 saturated carbocycles. The number of carbonyl (C=O) groups is 2. The first-order valence-corrected chi connectivity index (χ1v) is 8.45. The minimum atomic E-state index is -0.687. The largest absolute Gasteiger partial charge is 0.425 e. The number of carbonyl (C=O) groups excluding carboxylic acids is 2. The predicted octanol–water partition coefficient (Wildman–Crippen LogP) is 1.96. The molecule has 12 heteroatoms. The normalized spacial score (nSPS) is 10.3. The van der Waals surface area contributed by atoms with E-state index in [1.165, 1.54) is 48.5 Å². The molecule has 30 heavy (non-hydrogen) atoms. The van der Waals surface area contributed by atoms with Gasteiger partial charge in [-0.2, -0.15) is 0 Å². The molecule has 0 unspecified atom stereocenters. The van der Waals surface area contributed by atoms with Gasteiger partial charge in [-0.05, 0) is 36.4 Å². The molecule has 0 bridgehead atoms. The summed E-state index contributed by atoms with van der Waals surface area (Å²) in [5, 5.41) is 18.8. The van der Waals surface area contributed by atoms with Crippen LogP contribution in [0.4, 0.5) is 11.4 Å². The van der Waals surface area contributed by atoms with Crippen LogP contribution in [0.5, 0.6) is 11.5 Å². The number of anilines is 1. The number of rotatable bonds is 12. The van der Waals surface area contributed by atoms with E-state index in [4.69, 9.17) is 24.2 Å². The highest BCUT2D eigenvalue weighted by molar-refractivity contribution is 5.74. The molecule has 2 rings (SSSR count). The summed E-state index contributed by atoms with van der Waals surface area (Å²) in [6.07, 6.45) is 0. The fraction of sp³-hybridized carbons (Fsp3) is 0.222. The number of nitrogens with one attached hydrogen (secondary N) is 1. The van der Waals surface area contributed by atoms with Gasteiger partial charge in [-0.25, -0.2) is 20.3 Å². The third-order valence-corrected chi connectivity index (χ3v) is 3.34. The lowest BCUT2D eigenvalue weighted by molar-refractivity contribution is -0.384. The molecule has 0 saturated heterocycles. The van der Waals surface area contributed by atoms with Gasteiger partial charge in [-0.15, -0.1) is 4.99 Å². The van der Waals surface area contributed by atoms with Gasteiger partial charge in [-0.3, -0.25) is 10.1 Å². The van der Waals surface area contributed by atoms with Gasteiger partial charge in [-0.1, -0.05) is 0 Å². The van der Waals surface area contributed by atoms with Crippen LogP contribution < -0.4 is 15.0 Å². The maximum absolute atomic E-state index is 11.6. The molecule has 0 aliphatic heterocycles. The van der Waals surface area contributed by atoms with Crippen LogP contribution in [0.25, 0.3) is 0 Å². The topological polar surface area (TPSA) is 156 Å². The molecule has 0 aliphatic carbocycles. The molecule has 0 atom stereocenters. The Labute approximate surface area is 169 Å². The monoisotopic (exact) mass is 422 g/mol. The Hall–Kier alpha value is -3.58. The molecule has 0 fully saturated rings. The highest BCUT2D eigenvalue weighted by Crippen LogP contribution is 2.17. The van der Waals surface area contributed by atoms with Crippen molar-refractivity contribution in [1.29, 1.82) is 0 Å². The predicted molar refractivity (Wildman–Crippen MR) is 99.8 cm³/mol. The van der Waals surface area contributed by atoms with E-state index in [-0.39, 0.29) is 43.6 Å². The van der Waals surface area contributed by atoms with E-state index in [2.05, 4.69) is 10.5 Å². The molecule has 0 heterocycles. The lowest BCUT2D eigenvalue weighted by Crippen LogP contribution is -2.20. The number of ether oxygens (including phenoxy) is 4. The van der Waals surface area contributed by atoms with Crippen LogP contribution in [0.15, 0.2) is 48.5 Å². The zero-order chi connectivity index (χ0) is 21.8. The van der Waals surface area contributed by atoms with Crippen LogP contribution in [0, 0.1) is 10.1 Å². The number of benzene rings is 2. The highest BCUT2D eigenvalue weighted by Gasteiger charge is 2.09. The quantitative estimate of drug-likeness (QED) is 0.129. The highest BCUT2D eigenvalue weighted by atomic mass is 17.2. The van der Waals surface area contributed by atoms with E-state index in [1.807, 2.05) is 0 Å². The molecule has 2 aromatic carbocycles. The van der Waals surface area contributed by atoms with Crippen molar-refractivity contribution in [2.75, 3.05) is 31.9 Å². The number of hydrogen-bond acceptors (Lipinski definition) is 11. The molecule has 2 aromatic rings. The summed E-state index contributed by atoms with van der Waals surface area (Å²) in [6.45, 7) is -0.611. The molecular formula is C18H18N2O10. The second kappa shape index (κ2) is 12.1. The van der Waals surface area contributed by atoms with E-state index in [0.29, 0.717) is 5.69 Å². The average Bonchev–Trinajstić information content (AvgIpc) is 2.72. The minimum Gasteiger partial charge on any atom is -0.425 e. The Morgan fingerprint density at radius 1 is 0.867 bits per heavy atom. The van der Waals surface area contributed by atoms with Crippen molar-refractivity contribution in [3.05, 3.63) is 58.6 Å². The van der Waals surface area contributed by atoms with Gasteiger partial charge in [0.15, 0.2) is 0 Å². The van der Waals surface area contributed by atoms with Crippen molar-refractivity contribution in [2.24, 2.45) is 0 Å². The number of nitro groups is 1. The van der Waals surface area contributed by atoms with Crippen LogP contribution >= 0.6 is 0 Å².